The Kier molecular flexibility index (Phi) is 5.62. The summed E-state index contributed by atoms with van der Waals surface area (Å²) in [5.74, 6) is -0.228. The molecule has 4 nitrogen and oxygen atoms in total. The summed E-state index contributed by atoms with van der Waals surface area (Å²) in [4.78, 5) is 12.5. The maximum Gasteiger partial charge on any atom is 0.310 e. The van der Waals surface area contributed by atoms with Crippen LogP contribution in [0.5, 0.6) is 0 Å². The molecule has 0 unspecified atom stereocenters. The van der Waals surface area contributed by atoms with Gasteiger partial charge in [-0.25, -0.2) is 0 Å². The van der Waals surface area contributed by atoms with Crippen molar-refractivity contribution in [2.75, 3.05) is 6.61 Å². The zero-order valence-corrected chi connectivity index (χ0v) is 16.6. The molecular weight excluding hydrogens is 314 g/mol. The van der Waals surface area contributed by atoms with E-state index in [9.17, 15) is 4.79 Å². The predicted molar refractivity (Wildman–Crippen MR) is 102 cm³/mol. The monoisotopic (exact) mass is 345 g/mol. The van der Waals surface area contributed by atoms with Gasteiger partial charge in [0.1, 0.15) is 5.60 Å². The number of hydrogen-bond donors (Lipinski definition) is 0. The summed E-state index contributed by atoms with van der Waals surface area (Å²) in [6.45, 7) is 14.4. The van der Waals surface area contributed by atoms with E-state index in [0.29, 0.717) is 12.6 Å². The highest BCUT2D eigenvalue weighted by atomic mass is 16.6. The van der Waals surface area contributed by atoms with Gasteiger partial charge in [-0.2, -0.15) is 0 Å². The Labute approximate surface area is 151 Å². The number of para-hydroxylation sites is 1. The van der Waals surface area contributed by atoms with E-state index in [1.54, 1.807) is 0 Å². The number of ether oxygens (including phenoxy) is 2. The van der Waals surface area contributed by atoms with Gasteiger partial charge in [-0.05, 0) is 60.1 Å². The molecule has 1 aromatic heterocycles. The molecule has 2 aromatic rings. The number of hydrogen-bond acceptors (Lipinski definition) is 3. The summed E-state index contributed by atoms with van der Waals surface area (Å²) in [5.41, 5.74) is 1.24. The number of carbonyl (C=O) groups excluding carboxylic acids is 1. The van der Waals surface area contributed by atoms with Gasteiger partial charge in [-0.15, -0.1) is 0 Å². The van der Waals surface area contributed by atoms with Crippen LogP contribution in [-0.2, 0) is 20.7 Å². The van der Waals surface area contributed by atoms with Gasteiger partial charge in [-0.1, -0.05) is 18.2 Å². The molecule has 0 saturated heterocycles. The molecule has 1 heterocycles. The summed E-state index contributed by atoms with van der Waals surface area (Å²) >= 11 is 0. The normalized spacial score (nSPS) is 12.8. The molecule has 25 heavy (non-hydrogen) atoms. The van der Waals surface area contributed by atoms with Gasteiger partial charge in [-0.3, -0.25) is 4.79 Å². The summed E-state index contributed by atoms with van der Waals surface area (Å²) in [7, 11) is 0. The molecule has 0 bridgehead atoms. The molecule has 0 N–H and O–H groups in total. The highest BCUT2D eigenvalue weighted by molar-refractivity contribution is 5.88. The van der Waals surface area contributed by atoms with Crippen LogP contribution in [0.25, 0.3) is 10.9 Å². The van der Waals surface area contributed by atoms with E-state index in [2.05, 4.69) is 36.7 Å². The van der Waals surface area contributed by atoms with Crippen LogP contribution in [0.1, 0.15) is 60.1 Å². The number of fused-ring (bicyclic) bond motifs is 1. The Balaban J connectivity index is 2.12. The minimum atomic E-state index is -0.652. The first-order chi connectivity index (χ1) is 11.5. The second-order valence-electron chi connectivity index (χ2n) is 8.48. The molecule has 0 aliphatic carbocycles. The third kappa shape index (κ3) is 5.33. The number of esters is 1. The van der Waals surface area contributed by atoms with E-state index >= 15 is 0 Å². The van der Waals surface area contributed by atoms with Gasteiger partial charge in [0, 0.05) is 23.1 Å². The Morgan fingerprint density at radius 3 is 2.36 bits per heavy atom. The predicted octanol–water partition coefficient (Wildman–Crippen LogP) is 4.90. The lowest BCUT2D eigenvalue weighted by Gasteiger charge is -2.29. The van der Waals surface area contributed by atoms with E-state index in [4.69, 9.17) is 9.47 Å². The van der Waals surface area contributed by atoms with E-state index in [1.165, 1.54) is 0 Å². The molecule has 2 rings (SSSR count). The Morgan fingerprint density at radius 1 is 1.12 bits per heavy atom. The van der Waals surface area contributed by atoms with Gasteiger partial charge in [0.05, 0.1) is 18.6 Å². The molecule has 0 spiro atoms. The summed E-state index contributed by atoms with van der Waals surface area (Å²) in [6, 6.07) is 8.51. The Morgan fingerprint density at radius 2 is 1.76 bits per heavy atom. The smallest absolute Gasteiger partial charge is 0.310 e. The maximum atomic E-state index is 12.5. The van der Waals surface area contributed by atoms with Crippen LogP contribution in [0, 0.1) is 0 Å². The van der Waals surface area contributed by atoms with Gasteiger partial charge < -0.3 is 14.0 Å². The van der Waals surface area contributed by atoms with Gasteiger partial charge in [0.15, 0.2) is 0 Å². The fourth-order valence-electron chi connectivity index (χ4n) is 2.76. The highest BCUT2D eigenvalue weighted by Gasteiger charge is 2.26. The Bertz CT molecular complexity index is 735. The van der Waals surface area contributed by atoms with E-state index < -0.39 is 5.60 Å². The van der Waals surface area contributed by atoms with Crippen LogP contribution in [0.4, 0.5) is 0 Å². The van der Waals surface area contributed by atoms with Gasteiger partial charge in [0.2, 0.25) is 0 Å². The fourth-order valence-corrected chi connectivity index (χ4v) is 2.76. The number of rotatable bonds is 6. The van der Waals surface area contributed by atoms with Gasteiger partial charge >= 0.3 is 5.97 Å². The first-order valence-corrected chi connectivity index (χ1v) is 8.93. The van der Waals surface area contributed by atoms with E-state index in [0.717, 1.165) is 16.5 Å². The SMILES string of the molecule is CC(C)n1cc(CC(=O)OC(C)(C)COC(C)(C)C)c2ccccc21. The van der Waals surface area contributed by atoms with Crippen molar-refractivity contribution in [2.45, 2.75) is 72.1 Å². The van der Waals surface area contributed by atoms with Crippen LogP contribution >= 0.6 is 0 Å². The molecule has 0 aliphatic rings. The minimum Gasteiger partial charge on any atom is -0.457 e. The summed E-state index contributed by atoms with van der Waals surface area (Å²) < 4.78 is 13.7. The summed E-state index contributed by atoms with van der Waals surface area (Å²) in [6.07, 6.45) is 2.33. The van der Waals surface area contributed by atoms with Crippen molar-refractivity contribution in [3.05, 3.63) is 36.0 Å². The first-order valence-electron chi connectivity index (χ1n) is 8.93. The average molecular weight is 345 g/mol. The summed E-state index contributed by atoms with van der Waals surface area (Å²) in [5, 5.41) is 1.11. The standard InChI is InChI=1S/C21H31NO3/c1-15(2)22-13-16(17-10-8-9-11-18(17)22)12-19(23)25-21(6,7)14-24-20(3,4)5/h8-11,13,15H,12,14H2,1-7H3. The topological polar surface area (TPSA) is 40.5 Å². The third-order valence-electron chi connectivity index (χ3n) is 3.96. The fraction of sp³-hybridized carbons (Fsp3) is 0.571. The second kappa shape index (κ2) is 7.20. The van der Waals surface area contributed by atoms with E-state index in [1.807, 2.05) is 46.8 Å². The van der Waals surface area contributed by atoms with Crippen molar-refractivity contribution < 1.29 is 14.3 Å². The van der Waals surface area contributed by atoms with Crippen molar-refractivity contribution >= 4 is 16.9 Å². The van der Waals surface area contributed by atoms with Crippen molar-refractivity contribution in [1.82, 2.24) is 4.57 Å². The largest absolute Gasteiger partial charge is 0.457 e. The molecule has 0 fully saturated rings. The maximum absolute atomic E-state index is 12.5. The van der Waals surface area contributed by atoms with Crippen molar-refractivity contribution in [1.29, 1.82) is 0 Å². The van der Waals surface area contributed by atoms with Crippen LogP contribution in [0.15, 0.2) is 30.5 Å². The molecule has 1 aromatic carbocycles. The van der Waals surface area contributed by atoms with Crippen LogP contribution in [0.2, 0.25) is 0 Å². The quantitative estimate of drug-likeness (QED) is 0.699. The lowest BCUT2D eigenvalue weighted by Crippen LogP contribution is -2.37. The molecule has 138 valence electrons. The highest BCUT2D eigenvalue weighted by Crippen LogP contribution is 2.26. The molecular formula is C21H31NO3. The average Bonchev–Trinajstić information content (AvgIpc) is 2.83. The molecule has 0 aliphatic heterocycles. The number of nitrogens with zero attached hydrogens (tertiary/aromatic N) is 1. The zero-order chi connectivity index (χ0) is 18.8. The lowest BCUT2D eigenvalue weighted by atomic mass is 10.1. The molecule has 0 atom stereocenters. The molecule has 0 saturated carbocycles. The van der Waals surface area contributed by atoms with E-state index in [-0.39, 0.29) is 18.0 Å². The number of carbonyl (C=O) groups is 1. The van der Waals surface area contributed by atoms with Crippen molar-refractivity contribution in [2.24, 2.45) is 0 Å². The molecule has 0 radical (unpaired) electrons. The minimum absolute atomic E-state index is 0.228. The van der Waals surface area contributed by atoms with Crippen LogP contribution < -0.4 is 0 Å². The third-order valence-corrected chi connectivity index (χ3v) is 3.96. The lowest BCUT2D eigenvalue weighted by molar-refractivity contribution is -0.166. The van der Waals surface area contributed by atoms with Crippen molar-refractivity contribution in [3.63, 3.8) is 0 Å². The van der Waals surface area contributed by atoms with Crippen molar-refractivity contribution in [3.8, 4) is 0 Å². The number of aromatic nitrogens is 1. The second-order valence-corrected chi connectivity index (χ2v) is 8.48. The van der Waals surface area contributed by atoms with Crippen LogP contribution in [-0.4, -0.2) is 28.3 Å². The first kappa shape index (κ1) is 19.5. The Hall–Kier alpha value is -1.81. The van der Waals surface area contributed by atoms with Gasteiger partial charge in [0.25, 0.3) is 0 Å². The number of benzene rings is 1. The molecule has 4 heteroatoms. The molecule has 0 amide bonds. The van der Waals surface area contributed by atoms with Crippen LogP contribution in [0.3, 0.4) is 0 Å². The zero-order valence-electron chi connectivity index (χ0n) is 16.6.